The zero-order valence-electron chi connectivity index (χ0n) is 12.6. The molecule has 0 radical (unpaired) electrons. The van der Waals surface area contributed by atoms with Crippen LogP contribution in [0.25, 0.3) is 0 Å². The molecule has 0 bridgehead atoms. The Bertz CT molecular complexity index is 544. The van der Waals surface area contributed by atoms with Crippen molar-refractivity contribution < 1.29 is 4.79 Å². The maximum atomic E-state index is 12.2. The lowest BCUT2D eigenvalue weighted by Crippen LogP contribution is -2.49. The molecule has 1 aliphatic heterocycles. The molecule has 5 heteroatoms. The summed E-state index contributed by atoms with van der Waals surface area (Å²) in [6, 6.07) is 3.71. The molecule has 5 nitrogen and oxygen atoms in total. The molecule has 0 aromatic carbocycles. The van der Waals surface area contributed by atoms with Crippen molar-refractivity contribution in [1.29, 1.82) is 0 Å². The Morgan fingerprint density at radius 3 is 3.00 bits per heavy atom. The van der Waals surface area contributed by atoms with E-state index in [0.717, 1.165) is 25.1 Å². The predicted molar refractivity (Wildman–Crippen MR) is 82.7 cm³/mol. The number of pyridine rings is 1. The van der Waals surface area contributed by atoms with Crippen LogP contribution in [-0.4, -0.2) is 48.5 Å². The van der Waals surface area contributed by atoms with Crippen LogP contribution in [0.4, 0.5) is 0 Å². The fourth-order valence-electron chi connectivity index (χ4n) is 2.57. The van der Waals surface area contributed by atoms with Crippen molar-refractivity contribution in [3.63, 3.8) is 0 Å². The Balaban J connectivity index is 1.97. The van der Waals surface area contributed by atoms with E-state index in [1.54, 1.807) is 18.3 Å². The second kappa shape index (κ2) is 7.21. The average Bonchev–Trinajstić information content (AvgIpc) is 2.48. The Labute approximate surface area is 125 Å². The first kappa shape index (κ1) is 15.5. The van der Waals surface area contributed by atoms with Crippen LogP contribution < -0.4 is 11.1 Å². The van der Waals surface area contributed by atoms with Crippen molar-refractivity contribution >= 4 is 5.91 Å². The summed E-state index contributed by atoms with van der Waals surface area (Å²) < 4.78 is 0. The minimum atomic E-state index is -0.116. The molecular weight excluding hydrogens is 264 g/mol. The lowest BCUT2D eigenvalue weighted by molar-refractivity contribution is 0.0879. The second-order valence-electron chi connectivity index (χ2n) is 5.55. The number of likely N-dealkylation sites (tertiary alicyclic amines) is 1. The summed E-state index contributed by atoms with van der Waals surface area (Å²) in [5.41, 5.74) is 6.52. The van der Waals surface area contributed by atoms with Crippen molar-refractivity contribution in [2.24, 2.45) is 11.7 Å². The largest absolute Gasteiger partial charge is 0.348 e. The standard InChI is InChI=1S/C16H22N4O/c1-12-11-20(2)9-7-14(12)19-16(21)15-6-5-13(10-18-15)4-3-8-17/h5-6,10,12,14H,7-9,11,17H2,1-2H3,(H,19,21). The van der Waals surface area contributed by atoms with E-state index >= 15 is 0 Å². The van der Waals surface area contributed by atoms with Crippen molar-refractivity contribution in [3.8, 4) is 11.8 Å². The molecule has 2 rings (SSSR count). The quantitative estimate of drug-likeness (QED) is 0.775. The zero-order valence-corrected chi connectivity index (χ0v) is 12.6. The summed E-state index contributed by atoms with van der Waals surface area (Å²) in [5.74, 6) is 5.98. The van der Waals surface area contributed by atoms with Crippen LogP contribution in [0.5, 0.6) is 0 Å². The maximum absolute atomic E-state index is 12.2. The van der Waals surface area contributed by atoms with Gasteiger partial charge < -0.3 is 16.0 Å². The van der Waals surface area contributed by atoms with E-state index in [2.05, 4.69) is 41.0 Å². The Hall–Kier alpha value is -1.90. The van der Waals surface area contributed by atoms with Gasteiger partial charge in [-0.25, -0.2) is 4.98 Å². The average molecular weight is 286 g/mol. The minimum absolute atomic E-state index is 0.116. The van der Waals surface area contributed by atoms with Crippen molar-refractivity contribution in [2.45, 2.75) is 19.4 Å². The van der Waals surface area contributed by atoms with Gasteiger partial charge in [0.2, 0.25) is 0 Å². The molecule has 112 valence electrons. The van der Waals surface area contributed by atoms with E-state index in [-0.39, 0.29) is 11.9 Å². The smallest absolute Gasteiger partial charge is 0.270 e. The molecule has 21 heavy (non-hydrogen) atoms. The van der Waals surface area contributed by atoms with Gasteiger partial charge in [-0.1, -0.05) is 18.8 Å². The van der Waals surface area contributed by atoms with Gasteiger partial charge in [-0.05, 0) is 38.1 Å². The van der Waals surface area contributed by atoms with Gasteiger partial charge in [0.1, 0.15) is 5.69 Å². The predicted octanol–water partition coefficient (Wildman–Crippen LogP) is 0.462. The van der Waals surface area contributed by atoms with Gasteiger partial charge in [-0.2, -0.15) is 0 Å². The molecule has 2 atom stereocenters. The van der Waals surface area contributed by atoms with Crippen LogP contribution in [0.1, 0.15) is 29.4 Å². The number of amides is 1. The van der Waals surface area contributed by atoms with E-state index in [0.29, 0.717) is 18.2 Å². The number of carbonyl (C=O) groups is 1. The number of piperidine rings is 1. The van der Waals surface area contributed by atoms with Crippen molar-refractivity contribution in [3.05, 3.63) is 29.6 Å². The highest BCUT2D eigenvalue weighted by Gasteiger charge is 2.25. The summed E-state index contributed by atoms with van der Waals surface area (Å²) in [6.07, 6.45) is 2.58. The minimum Gasteiger partial charge on any atom is -0.348 e. The molecule has 2 heterocycles. The number of nitrogens with one attached hydrogen (secondary N) is 1. The fraction of sp³-hybridized carbons (Fsp3) is 0.500. The SMILES string of the molecule is CC1CN(C)CCC1NC(=O)c1ccc(C#CCN)cn1. The van der Waals surface area contributed by atoms with Gasteiger partial charge in [0.05, 0.1) is 6.54 Å². The van der Waals surface area contributed by atoms with Gasteiger partial charge >= 0.3 is 0 Å². The molecule has 3 N–H and O–H groups in total. The molecule has 1 amide bonds. The maximum Gasteiger partial charge on any atom is 0.270 e. The summed E-state index contributed by atoms with van der Waals surface area (Å²) >= 11 is 0. The number of carbonyl (C=O) groups excluding carboxylic acids is 1. The summed E-state index contributed by atoms with van der Waals surface area (Å²) in [6.45, 7) is 4.50. The molecule has 1 aromatic rings. The van der Waals surface area contributed by atoms with Crippen LogP contribution in [-0.2, 0) is 0 Å². The molecule has 1 aromatic heterocycles. The Morgan fingerprint density at radius 2 is 2.38 bits per heavy atom. The molecule has 0 aliphatic carbocycles. The summed E-state index contributed by atoms with van der Waals surface area (Å²) in [4.78, 5) is 18.7. The highest BCUT2D eigenvalue weighted by Crippen LogP contribution is 2.15. The third-order valence-corrected chi connectivity index (χ3v) is 3.76. The molecule has 1 saturated heterocycles. The summed E-state index contributed by atoms with van der Waals surface area (Å²) in [5, 5.41) is 3.08. The number of rotatable bonds is 2. The van der Waals surface area contributed by atoms with E-state index in [1.807, 2.05) is 0 Å². The highest BCUT2D eigenvalue weighted by atomic mass is 16.1. The van der Waals surface area contributed by atoms with Crippen LogP contribution in [0, 0.1) is 17.8 Å². The van der Waals surface area contributed by atoms with E-state index in [9.17, 15) is 4.79 Å². The number of aromatic nitrogens is 1. The van der Waals surface area contributed by atoms with Gasteiger partial charge in [-0.3, -0.25) is 4.79 Å². The number of nitrogens with two attached hydrogens (primary N) is 1. The second-order valence-corrected chi connectivity index (χ2v) is 5.55. The first-order chi connectivity index (χ1) is 10.1. The lowest BCUT2D eigenvalue weighted by atomic mass is 9.94. The van der Waals surface area contributed by atoms with E-state index in [4.69, 9.17) is 5.73 Å². The van der Waals surface area contributed by atoms with Crippen LogP contribution in [0.2, 0.25) is 0 Å². The molecule has 0 saturated carbocycles. The van der Waals surface area contributed by atoms with Crippen LogP contribution in [0.3, 0.4) is 0 Å². The topological polar surface area (TPSA) is 71.2 Å². The normalized spacial score (nSPS) is 22.2. The Morgan fingerprint density at radius 1 is 1.57 bits per heavy atom. The molecular formula is C16H22N4O. The van der Waals surface area contributed by atoms with Crippen molar-refractivity contribution in [2.75, 3.05) is 26.7 Å². The highest BCUT2D eigenvalue weighted by molar-refractivity contribution is 5.92. The molecule has 0 spiro atoms. The molecule has 1 fully saturated rings. The van der Waals surface area contributed by atoms with Gasteiger partial charge in [0, 0.05) is 24.3 Å². The lowest BCUT2D eigenvalue weighted by Gasteiger charge is -2.35. The van der Waals surface area contributed by atoms with Gasteiger partial charge in [-0.15, -0.1) is 0 Å². The number of hydrogen-bond acceptors (Lipinski definition) is 4. The molecule has 2 unspecified atom stereocenters. The first-order valence-corrected chi connectivity index (χ1v) is 7.24. The third-order valence-electron chi connectivity index (χ3n) is 3.76. The molecule has 1 aliphatic rings. The number of hydrogen-bond donors (Lipinski definition) is 2. The van der Waals surface area contributed by atoms with Gasteiger partial charge in [0.25, 0.3) is 5.91 Å². The zero-order chi connectivity index (χ0) is 15.2. The Kier molecular flexibility index (Phi) is 5.32. The van der Waals surface area contributed by atoms with Crippen molar-refractivity contribution in [1.82, 2.24) is 15.2 Å². The van der Waals surface area contributed by atoms with E-state index < -0.39 is 0 Å². The van der Waals surface area contributed by atoms with Gasteiger partial charge in [0.15, 0.2) is 0 Å². The summed E-state index contributed by atoms with van der Waals surface area (Å²) in [7, 11) is 2.11. The monoisotopic (exact) mass is 286 g/mol. The number of nitrogens with zero attached hydrogens (tertiary/aromatic N) is 2. The van der Waals surface area contributed by atoms with Crippen LogP contribution in [0.15, 0.2) is 18.3 Å². The third kappa shape index (κ3) is 4.28. The van der Waals surface area contributed by atoms with Crippen LogP contribution >= 0.6 is 0 Å². The first-order valence-electron chi connectivity index (χ1n) is 7.24. The fourth-order valence-corrected chi connectivity index (χ4v) is 2.57. The van der Waals surface area contributed by atoms with E-state index in [1.165, 1.54) is 0 Å².